The first-order valence-electron chi connectivity index (χ1n) is 4.82. The van der Waals surface area contributed by atoms with Gasteiger partial charge in [-0.25, -0.2) is 4.98 Å². The Labute approximate surface area is 102 Å². The molecule has 0 radical (unpaired) electrons. The summed E-state index contributed by atoms with van der Waals surface area (Å²) >= 11 is 5.81. The molecule has 1 heterocycles. The van der Waals surface area contributed by atoms with Crippen molar-refractivity contribution in [2.45, 2.75) is 6.92 Å². The Morgan fingerprint density at radius 2 is 2.12 bits per heavy atom. The molecule has 0 saturated carbocycles. The van der Waals surface area contributed by atoms with Crippen molar-refractivity contribution in [2.24, 2.45) is 0 Å². The molecule has 2 aromatic rings. The molecule has 5 nitrogen and oxygen atoms in total. The van der Waals surface area contributed by atoms with Gasteiger partial charge in [-0.1, -0.05) is 11.6 Å². The first-order chi connectivity index (χ1) is 8.02. The SMILES string of the molecule is COc1cc([N+](=O)[O-])c2nc(Cl)cc(C)c2c1. The van der Waals surface area contributed by atoms with Crippen LogP contribution in [0.1, 0.15) is 5.56 Å². The van der Waals surface area contributed by atoms with Gasteiger partial charge in [-0.15, -0.1) is 0 Å². The van der Waals surface area contributed by atoms with Crippen molar-refractivity contribution in [1.29, 1.82) is 0 Å². The maximum Gasteiger partial charge on any atom is 0.299 e. The number of hydrogen-bond acceptors (Lipinski definition) is 4. The lowest BCUT2D eigenvalue weighted by molar-refractivity contribution is -0.383. The molecule has 0 aliphatic heterocycles. The molecule has 0 saturated heterocycles. The van der Waals surface area contributed by atoms with Crippen molar-refractivity contribution in [3.05, 3.63) is 39.0 Å². The van der Waals surface area contributed by atoms with E-state index in [1.54, 1.807) is 12.1 Å². The molecule has 0 bridgehead atoms. The van der Waals surface area contributed by atoms with E-state index in [1.807, 2.05) is 6.92 Å². The number of nitrogens with zero attached hydrogens (tertiary/aromatic N) is 2. The lowest BCUT2D eigenvalue weighted by Gasteiger charge is -2.06. The fourth-order valence-electron chi connectivity index (χ4n) is 1.66. The molecule has 0 fully saturated rings. The van der Waals surface area contributed by atoms with Gasteiger partial charge in [0, 0.05) is 5.39 Å². The highest BCUT2D eigenvalue weighted by molar-refractivity contribution is 6.30. The third-order valence-electron chi connectivity index (χ3n) is 2.47. The summed E-state index contributed by atoms with van der Waals surface area (Å²) in [5.74, 6) is 0.427. The molecule has 1 aromatic carbocycles. The minimum Gasteiger partial charge on any atom is -0.496 e. The minimum absolute atomic E-state index is 0.107. The molecule has 0 aliphatic rings. The summed E-state index contributed by atoms with van der Waals surface area (Å²) in [7, 11) is 1.46. The number of benzene rings is 1. The molecule has 1 aromatic heterocycles. The summed E-state index contributed by atoms with van der Waals surface area (Å²) in [5, 5.41) is 11.9. The number of hydrogen-bond donors (Lipinski definition) is 0. The summed E-state index contributed by atoms with van der Waals surface area (Å²) < 4.78 is 5.03. The number of methoxy groups -OCH3 is 1. The average molecular weight is 253 g/mol. The van der Waals surface area contributed by atoms with Gasteiger partial charge in [0.15, 0.2) is 5.52 Å². The van der Waals surface area contributed by atoms with Crippen molar-refractivity contribution < 1.29 is 9.66 Å². The van der Waals surface area contributed by atoms with Gasteiger partial charge in [-0.05, 0) is 24.6 Å². The number of halogens is 1. The Morgan fingerprint density at radius 3 is 2.71 bits per heavy atom. The average Bonchev–Trinajstić information content (AvgIpc) is 2.27. The van der Waals surface area contributed by atoms with Crippen LogP contribution >= 0.6 is 11.6 Å². The van der Waals surface area contributed by atoms with Gasteiger partial charge in [0.25, 0.3) is 5.69 Å². The van der Waals surface area contributed by atoms with E-state index < -0.39 is 4.92 Å². The second-order valence-electron chi connectivity index (χ2n) is 3.56. The van der Waals surface area contributed by atoms with Crippen molar-refractivity contribution in [3.8, 4) is 5.75 Å². The van der Waals surface area contributed by atoms with Crippen LogP contribution in [0.2, 0.25) is 5.15 Å². The zero-order valence-corrected chi connectivity index (χ0v) is 9.99. The molecule has 0 aliphatic carbocycles. The van der Waals surface area contributed by atoms with E-state index >= 15 is 0 Å². The lowest BCUT2D eigenvalue weighted by atomic mass is 10.1. The van der Waals surface area contributed by atoms with Crippen molar-refractivity contribution in [1.82, 2.24) is 4.98 Å². The Bertz CT molecular complexity index is 613. The number of pyridine rings is 1. The number of aryl methyl sites for hydroxylation is 1. The quantitative estimate of drug-likeness (QED) is 0.468. The molecule has 0 unspecified atom stereocenters. The minimum atomic E-state index is -0.492. The van der Waals surface area contributed by atoms with E-state index in [2.05, 4.69) is 4.98 Å². The fraction of sp³-hybridized carbons (Fsp3) is 0.182. The summed E-state index contributed by atoms with van der Waals surface area (Å²) in [6.45, 7) is 1.82. The van der Waals surface area contributed by atoms with Crippen LogP contribution in [0.15, 0.2) is 18.2 Å². The second-order valence-corrected chi connectivity index (χ2v) is 3.95. The molecule has 6 heteroatoms. The highest BCUT2D eigenvalue weighted by atomic mass is 35.5. The number of aromatic nitrogens is 1. The maximum absolute atomic E-state index is 11.0. The molecular weight excluding hydrogens is 244 g/mol. The topological polar surface area (TPSA) is 65.3 Å². The third-order valence-corrected chi connectivity index (χ3v) is 2.67. The van der Waals surface area contributed by atoms with E-state index in [9.17, 15) is 10.1 Å². The van der Waals surface area contributed by atoms with Crippen LogP contribution in [-0.4, -0.2) is 17.0 Å². The predicted molar refractivity (Wildman–Crippen MR) is 64.7 cm³/mol. The van der Waals surface area contributed by atoms with Gasteiger partial charge in [-0.3, -0.25) is 10.1 Å². The third kappa shape index (κ3) is 2.01. The van der Waals surface area contributed by atoms with E-state index in [1.165, 1.54) is 13.2 Å². The summed E-state index contributed by atoms with van der Waals surface area (Å²) in [6.07, 6.45) is 0. The number of ether oxygens (including phenoxy) is 1. The van der Waals surface area contributed by atoms with Gasteiger partial charge in [-0.2, -0.15) is 0 Å². The normalized spacial score (nSPS) is 10.5. The first kappa shape index (κ1) is 11.6. The number of nitro benzene ring substituents is 1. The van der Waals surface area contributed by atoms with Crippen LogP contribution in [0.4, 0.5) is 5.69 Å². The van der Waals surface area contributed by atoms with Gasteiger partial charge < -0.3 is 4.74 Å². The zero-order chi connectivity index (χ0) is 12.6. The molecule has 17 heavy (non-hydrogen) atoms. The molecule has 88 valence electrons. The Morgan fingerprint density at radius 1 is 1.41 bits per heavy atom. The Balaban J connectivity index is 2.90. The van der Waals surface area contributed by atoms with Gasteiger partial charge >= 0.3 is 0 Å². The highest BCUT2D eigenvalue weighted by Crippen LogP contribution is 2.32. The molecule has 0 atom stereocenters. The zero-order valence-electron chi connectivity index (χ0n) is 9.23. The number of nitro groups is 1. The highest BCUT2D eigenvalue weighted by Gasteiger charge is 2.17. The van der Waals surface area contributed by atoms with Gasteiger partial charge in [0.2, 0.25) is 0 Å². The molecule has 0 spiro atoms. The summed E-state index contributed by atoms with van der Waals surface area (Å²) in [5.41, 5.74) is 0.993. The monoisotopic (exact) mass is 252 g/mol. The Kier molecular flexibility index (Phi) is 2.85. The maximum atomic E-state index is 11.0. The number of non-ortho nitro benzene ring substituents is 1. The second kappa shape index (κ2) is 4.18. The van der Waals surface area contributed by atoms with Crippen LogP contribution in [0.5, 0.6) is 5.75 Å². The van der Waals surface area contributed by atoms with Crippen molar-refractivity contribution in [2.75, 3.05) is 7.11 Å². The van der Waals surface area contributed by atoms with E-state index in [0.29, 0.717) is 11.1 Å². The largest absolute Gasteiger partial charge is 0.496 e. The fourth-order valence-corrected chi connectivity index (χ4v) is 1.91. The standard InChI is InChI=1S/C11H9ClN2O3/c1-6-3-10(12)13-11-8(6)4-7(17-2)5-9(11)14(15)16/h3-5H,1-2H3. The summed E-state index contributed by atoms with van der Waals surface area (Å²) in [6, 6.07) is 4.71. The molecular formula is C11H9ClN2O3. The van der Waals surface area contributed by atoms with Crippen LogP contribution in [0, 0.1) is 17.0 Å². The molecule has 0 amide bonds. The molecule has 0 N–H and O–H groups in total. The van der Waals surface area contributed by atoms with Crippen LogP contribution in [-0.2, 0) is 0 Å². The van der Waals surface area contributed by atoms with Crippen LogP contribution in [0.25, 0.3) is 10.9 Å². The number of fused-ring (bicyclic) bond motifs is 1. The lowest BCUT2D eigenvalue weighted by Crippen LogP contribution is -1.95. The van der Waals surface area contributed by atoms with Gasteiger partial charge in [0.1, 0.15) is 10.9 Å². The smallest absolute Gasteiger partial charge is 0.299 e. The predicted octanol–water partition coefficient (Wildman–Crippen LogP) is 3.11. The molecule has 2 rings (SSSR count). The van der Waals surface area contributed by atoms with E-state index in [-0.39, 0.29) is 16.4 Å². The Hall–Kier alpha value is -1.88. The first-order valence-corrected chi connectivity index (χ1v) is 5.20. The van der Waals surface area contributed by atoms with Crippen molar-refractivity contribution >= 4 is 28.2 Å². The summed E-state index contributed by atoms with van der Waals surface area (Å²) in [4.78, 5) is 14.5. The van der Waals surface area contributed by atoms with Gasteiger partial charge in [0.05, 0.1) is 18.1 Å². The van der Waals surface area contributed by atoms with Crippen LogP contribution < -0.4 is 4.74 Å². The van der Waals surface area contributed by atoms with E-state index in [0.717, 1.165) is 5.56 Å². The van der Waals surface area contributed by atoms with Crippen molar-refractivity contribution in [3.63, 3.8) is 0 Å². The van der Waals surface area contributed by atoms with E-state index in [4.69, 9.17) is 16.3 Å². The van der Waals surface area contributed by atoms with Crippen LogP contribution in [0.3, 0.4) is 0 Å². The number of rotatable bonds is 2.